The van der Waals surface area contributed by atoms with E-state index in [2.05, 4.69) is 15.5 Å². The molecule has 0 unspecified atom stereocenters. The van der Waals surface area contributed by atoms with Gasteiger partial charge in [-0.3, -0.25) is 10.1 Å². The van der Waals surface area contributed by atoms with Gasteiger partial charge in [-0.2, -0.15) is 0 Å². The SMILES string of the molecule is NC1(CC(=O)Nc2nnc(C3CC3)o2)CCCC1. The molecule has 0 radical (unpaired) electrons. The minimum absolute atomic E-state index is 0.134. The first-order chi connectivity index (χ1) is 8.65. The zero-order valence-corrected chi connectivity index (χ0v) is 10.3. The van der Waals surface area contributed by atoms with E-state index in [1.165, 1.54) is 0 Å². The van der Waals surface area contributed by atoms with Crippen LogP contribution in [-0.2, 0) is 4.79 Å². The predicted molar refractivity (Wildman–Crippen MR) is 64.9 cm³/mol. The first-order valence-electron chi connectivity index (χ1n) is 6.57. The van der Waals surface area contributed by atoms with Gasteiger partial charge in [0.1, 0.15) is 0 Å². The summed E-state index contributed by atoms with van der Waals surface area (Å²) < 4.78 is 5.38. The zero-order chi connectivity index (χ0) is 12.6. The molecule has 98 valence electrons. The lowest BCUT2D eigenvalue weighted by molar-refractivity contribution is -0.117. The van der Waals surface area contributed by atoms with Crippen LogP contribution in [0.2, 0.25) is 0 Å². The summed E-state index contributed by atoms with van der Waals surface area (Å²) in [5, 5.41) is 10.4. The van der Waals surface area contributed by atoms with Crippen molar-refractivity contribution < 1.29 is 9.21 Å². The molecule has 1 aromatic heterocycles. The van der Waals surface area contributed by atoms with Crippen LogP contribution in [0.1, 0.15) is 56.8 Å². The Kier molecular flexibility index (Phi) is 2.81. The van der Waals surface area contributed by atoms with Crippen molar-refractivity contribution in [2.45, 2.75) is 56.4 Å². The molecule has 2 aliphatic rings. The molecule has 6 heteroatoms. The number of nitrogens with one attached hydrogen (secondary N) is 1. The molecule has 6 nitrogen and oxygen atoms in total. The van der Waals surface area contributed by atoms with Crippen LogP contribution in [0.3, 0.4) is 0 Å². The highest BCUT2D eigenvalue weighted by molar-refractivity contribution is 5.89. The summed E-state index contributed by atoms with van der Waals surface area (Å²) >= 11 is 0. The van der Waals surface area contributed by atoms with Crippen LogP contribution in [0.4, 0.5) is 6.01 Å². The minimum atomic E-state index is -0.344. The molecule has 3 N–H and O–H groups in total. The molecule has 2 aliphatic carbocycles. The van der Waals surface area contributed by atoms with Crippen LogP contribution < -0.4 is 11.1 Å². The number of aromatic nitrogens is 2. The third-order valence-corrected chi connectivity index (χ3v) is 3.73. The van der Waals surface area contributed by atoms with Crippen LogP contribution in [-0.4, -0.2) is 21.6 Å². The Balaban J connectivity index is 1.56. The first kappa shape index (κ1) is 11.6. The van der Waals surface area contributed by atoms with Crippen molar-refractivity contribution in [1.29, 1.82) is 0 Å². The molecule has 2 saturated carbocycles. The Morgan fingerprint density at radius 3 is 2.78 bits per heavy atom. The number of nitrogens with two attached hydrogens (primary N) is 1. The van der Waals surface area contributed by atoms with E-state index in [1.807, 2.05) is 0 Å². The van der Waals surface area contributed by atoms with Gasteiger partial charge in [0.05, 0.1) is 0 Å². The maximum atomic E-state index is 11.8. The quantitative estimate of drug-likeness (QED) is 0.845. The van der Waals surface area contributed by atoms with Crippen LogP contribution in [0.25, 0.3) is 0 Å². The first-order valence-corrected chi connectivity index (χ1v) is 6.57. The van der Waals surface area contributed by atoms with Gasteiger partial charge >= 0.3 is 6.01 Å². The van der Waals surface area contributed by atoms with Gasteiger partial charge in [0.15, 0.2) is 0 Å². The molecule has 1 aromatic rings. The van der Waals surface area contributed by atoms with Gasteiger partial charge in [-0.05, 0) is 25.7 Å². The molecule has 0 saturated heterocycles. The number of nitrogens with zero attached hydrogens (tertiary/aromatic N) is 2. The van der Waals surface area contributed by atoms with Gasteiger partial charge in [0.25, 0.3) is 0 Å². The van der Waals surface area contributed by atoms with Crippen molar-refractivity contribution in [2.75, 3.05) is 5.32 Å². The second-order valence-corrected chi connectivity index (χ2v) is 5.51. The van der Waals surface area contributed by atoms with Crippen molar-refractivity contribution in [3.8, 4) is 0 Å². The maximum Gasteiger partial charge on any atom is 0.322 e. The zero-order valence-electron chi connectivity index (χ0n) is 10.3. The Morgan fingerprint density at radius 1 is 1.39 bits per heavy atom. The number of hydrogen-bond acceptors (Lipinski definition) is 5. The highest BCUT2D eigenvalue weighted by Crippen LogP contribution is 2.39. The number of carbonyl (C=O) groups is 1. The third-order valence-electron chi connectivity index (χ3n) is 3.73. The molecular formula is C12H18N4O2. The van der Waals surface area contributed by atoms with Crippen LogP contribution in [0, 0.1) is 0 Å². The van der Waals surface area contributed by atoms with Crippen LogP contribution in [0.15, 0.2) is 4.42 Å². The highest BCUT2D eigenvalue weighted by Gasteiger charge is 2.33. The molecule has 0 atom stereocenters. The Bertz CT molecular complexity index is 447. The highest BCUT2D eigenvalue weighted by atomic mass is 16.4. The van der Waals surface area contributed by atoms with E-state index in [0.29, 0.717) is 18.2 Å². The largest absolute Gasteiger partial charge is 0.408 e. The topological polar surface area (TPSA) is 94.0 Å². The Morgan fingerprint density at radius 2 is 2.11 bits per heavy atom. The fourth-order valence-electron chi connectivity index (χ4n) is 2.52. The standard InChI is InChI=1S/C12H18N4O2/c13-12(5-1-2-6-12)7-9(17)14-11-16-15-10(18-11)8-3-4-8/h8H,1-7,13H2,(H,14,16,17). The van der Waals surface area contributed by atoms with Gasteiger partial charge in [-0.25, -0.2) is 0 Å². The van der Waals surface area contributed by atoms with Crippen molar-refractivity contribution in [1.82, 2.24) is 10.2 Å². The second-order valence-electron chi connectivity index (χ2n) is 5.51. The molecule has 0 aromatic carbocycles. The number of amides is 1. The average molecular weight is 250 g/mol. The maximum absolute atomic E-state index is 11.8. The summed E-state index contributed by atoms with van der Waals surface area (Å²) in [4.78, 5) is 11.8. The smallest absolute Gasteiger partial charge is 0.322 e. The summed E-state index contributed by atoms with van der Waals surface area (Å²) in [6, 6.07) is 0.198. The fraction of sp³-hybridized carbons (Fsp3) is 0.750. The molecule has 1 amide bonds. The summed E-state index contributed by atoms with van der Waals surface area (Å²) in [5.41, 5.74) is 5.81. The molecule has 3 rings (SSSR count). The summed E-state index contributed by atoms with van der Waals surface area (Å²) in [7, 11) is 0. The molecule has 1 heterocycles. The van der Waals surface area contributed by atoms with E-state index in [9.17, 15) is 4.79 Å². The lowest BCUT2D eigenvalue weighted by atomic mass is 9.94. The monoisotopic (exact) mass is 250 g/mol. The lowest BCUT2D eigenvalue weighted by Crippen LogP contribution is -2.40. The molecular weight excluding hydrogens is 232 g/mol. The number of anilines is 1. The van der Waals surface area contributed by atoms with Gasteiger partial charge < -0.3 is 10.2 Å². The average Bonchev–Trinajstić information content (AvgIpc) is 2.93. The van der Waals surface area contributed by atoms with Gasteiger partial charge in [-0.15, -0.1) is 5.10 Å². The van der Waals surface area contributed by atoms with E-state index in [0.717, 1.165) is 38.5 Å². The normalized spacial score (nSPS) is 22.1. The number of hydrogen-bond donors (Lipinski definition) is 2. The Hall–Kier alpha value is -1.43. The number of carbonyl (C=O) groups excluding carboxylic acids is 1. The number of rotatable bonds is 4. The van der Waals surface area contributed by atoms with E-state index in [-0.39, 0.29) is 17.5 Å². The lowest BCUT2D eigenvalue weighted by Gasteiger charge is -2.21. The van der Waals surface area contributed by atoms with E-state index in [4.69, 9.17) is 10.2 Å². The van der Waals surface area contributed by atoms with Gasteiger partial charge in [-0.1, -0.05) is 17.9 Å². The van der Waals surface area contributed by atoms with E-state index in [1.54, 1.807) is 0 Å². The Labute approximate surface area is 105 Å². The van der Waals surface area contributed by atoms with Crippen molar-refractivity contribution in [2.24, 2.45) is 5.73 Å². The van der Waals surface area contributed by atoms with E-state index < -0.39 is 0 Å². The summed E-state index contributed by atoms with van der Waals surface area (Å²) in [5.74, 6) is 0.901. The van der Waals surface area contributed by atoms with Crippen molar-refractivity contribution in [3.63, 3.8) is 0 Å². The third kappa shape index (κ3) is 2.53. The van der Waals surface area contributed by atoms with E-state index >= 15 is 0 Å². The summed E-state index contributed by atoms with van der Waals surface area (Å²) in [6.45, 7) is 0. The van der Waals surface area contributed by atoms with Gasteiger partial charge in [0, 0.05) is 17.9 Å². The second kappa shape index (κ2) is 4.35. The molecule has 2 fully saturated rings. The van der Waals surface area contributed by atoms with Crippen LogP contribution >= 0.6 is 0 Å². The molecule has 0 spiro atoms. The molecule has 18 heavy (non-hydrogen) atoms. The molecule has 0 bridgehead atoms. The summed E-state index contributed by atoms with van der Waals surface area (Å²) in [6.07, 6.45) is 6.57. The van der Waals surface area contributed by atoms with Crippen molar-refractivity contribution in [3.05, 3.63) is 5.89 Å². The minimum Gasteiger partial charge on any atom is -0.408 e. The van der Waals surface area contributed by atoms with Crippen molar-refractivity contribution >= 4 is 11.9 Å². The predicted octanol–water partition coefficient (Wildman–Crippen LogP) is 1.55. The molecule has 0 aliphatic heterocycles. The fourth-order valence-corrected chi connectivity index (χ4v) is 2.52. The van der Waals surface area contributed by atoms with Crippen LogP contribution in [0.5, 0.6) is 0 Å². The van der Waals surface area contributed by atoms with Gasteiger partial charge in [0.2, 0.25) is 11.8 Å².